The van der Waals surface area contributed by atoms with Crippen LogP contribution in [0.25, 0.3) is 0 Å². The van der Waals surface area contributed by atoms with Gasteiger partial charge in [0, 0.05) is 33.3 Å². The molecule has 78 valence electrons. The van der Waals surface area contributed by atoms with Gasteiger partial charge >= 0.3 is 0 Å². The molecule has 1 atom stereocenters. The van der Waals surface area contributed by atoms with Crippen LogP contribution in [0.5, 0.6) is 0 Å². The SMILES string of the molecule is COCCN(C)CC1CNCCO1. The van der Waals surface area contributed by atoms with Gasteiger partial charge in [-0.25, -0.2) is 0 Å². The molecule has 1 unspecified atom stereocenters. The molecule has 0 aliphatic carbocycles. The van der Waals surface area contributed by atoms with Gasteiger partial charge in [0.1, 0.15) is 0 Å². The molecule has 0 aromatic rings. The largest absolute Gasteiger partial charge is 0.383 e. The number of methoxy groups -OCH3 is 1. The Morgan fingerprint density at radius 2 is 2.46 bits per heavy atom. The van der Waals surface area contributed by atoms with E-state index >= 15 is 0 Å². The highest BCUT2D eigenvalue weighted by atomic mass is 16.5. The second-order valence-electron chi connectivity index (χ2n) is 3.45. The maximum absolute atomic E-state index is 5.58. The van der Waals surface area contributed by atoms with Crippen LogP contribution in [0, 0.1) is 0 Å². The van der Waals surface area contributed by atoms with Crippen LogP contribution in [0.4, 0.5) is 0 Å². The van der Waals surface area contributed by atoms with E-state index in [1.165, 1.54) is 0 Å². The molecule has 1 heterocycles. The molecule has 0 radical (unpaired) electrons. The zero-order valence-corrected chi connectivity index (χ0v) is 8.58. The molecule has 1 rings (SSSR count). The summed E-state index contributed by atoms with van der Waals surface area (Å²) in [4.78, 5) is 2.24. The fourth-order valence-electron chi connectivity index (χ4n) is 1.42. The fourth-order valence-corrected chi connectivity index (χ4v) is 1.42. The van der Waals surface area contributed by atoms with Crippen molar-refractivity contribution in [2.24, 2.45) is 0 Å². The zero-order chi connectivity index (χ0) is 9.52. The van der Waals surface area contributed by atoms with Gasteiger partial charge in [-0.1, -0.05) is 0 Å². The zero-order valence-electron chi connectivity index (χ0n) is 8.58. The predicted molar refractivity (Wildman–Crippen MR) is 52.0 cm³/mol. The second kappa shape index (κ2) is 6.32. The summed E-state index contributed by atoms with van der Waals surface area (Å²) < 4.78 is 10.6. The van der Waals surface area contributed by atoms with Gasteiger partial charge in [-0.2, -0.15) is 0 Å². The summed E-state index contributed by atoms with van der Waals surface area (Å²) in [7, 11) is 3.82. The summed E-state index contributed by atoms with van der Waals surface area (Å²) >= 11 is 0. The van der Waals surface area contributed by atoms with Crippen LogP contribution in [0.2, 0.25) is 0 Å². The third-order valence-electron chi connectivity index (χ3n) is 2.20. The highest BCUT2D eigenvalue weighted by Crippen LogP contribution is 1.98. The molecule has 0 saturated carbocycles. The van der Waals surface area contributed by atoms with Crippen LogP contribution >= 0.6 is 0 Å². The van der Waals surface area contributed by atoms with Crippen molar-refractivity contribution in [1.82, 2.24) is 10.2 Å². The molecule has 0 bridgehead atoms. The van der Waals surface area contributed by atoms with Gasteiger partial charge in [0.2, 0.25) is 0 Å². The maximum Gasteiger partial charge on any atom is 0.0826 e. The third kappa shape index (κ3) is 4.57. The van der Waals surface area contributed by atoms with Crippen molar-refractivity contribution in [2.45, 2.75) is 6.10 Å². The van der Waals surface area contributed by atoms with Crippen molar-refractivity contribution >= 4 is 0 Å². The monoisotopic (exact) mass is 188 g/mol. The lowest BCUT2D eigenvalue weighted by Crippen LogP contribution is -2.44. The number of ether oxygens (including phenoxy) is 2. The number of likely N-dealkylation sites (N-methyl/N-ethyl adjacent to an activating group) is 1. The smallest absolute Gasteiger partial charge is 0.0826 e. The van der Waals surface area contributed by atoms with E-state index in [0.29, 0.717) is 6.10 Å². The summed E-state index contributed by atoms with van der Waals surface area (Å²) in [5.74, 6) is 0. The molecular weight excluding hydrogens is 168 g/mol. The summed E-state index contributed by atoms with van der Waals surface area (Å²) in [6.45, 7) is 5.53. The predicted octanol–water partition coefficient (Wildman–Crippen LogP) is -0.447. The van der Waals surface area contributed by atoms with Crippen LogP contribution in [-0.4, -0.2) is 64.6 Å². The Bertz CT molecular complexity index is 127. The molecule has 1 fully saturated rings. The molecular formula is C9H20N2O2. The van der Waals surface area contributed by atoms with Gasteiger partial charge in [0.05, 0.1) is 19.3 Å². The lowest BCUT2D eigenvalue weighted by atomic mass is 10.3. The van der Waals surface area contributed by atoms with E-state index in [4.69, 9.17) is 9.47 Å². The van der Waals surface area contributed by atoms with Crippen molar-refractivity contribution in [3.05, 3.63) is 0 Å². The molecule has 4 heteroatoms. The van der Waals surface area contributed by atoms with Crippen LogP contribution in [0.15, 0.2) is 0 Å². The summed E-state index contributed by atoms with van der Waals surface area (Å²) in [5.41, 5.74) is 0. The molecule has 1 N–H and O–H groups in total. The molecule has 1 aliphatic heterocycles. The lowest BCUT2D eigenvalue weighted by molar-refractivity contribution is 0.00675. The average molecular weight is 188 g/mol. The Morgan fingerprint density at radius 3 is 3.08 bits per heavy atom. The first-order valence-corrected chi connectivity index (χ1v) is 4.82. The summed E-state index contributed by atoms with van der Waals surface area (Å²) in [6.07, 6.45) is 0.343. The molecule has 0 aromatic heterocycles. The number of hydrogen-bond acceptors (Lipinski definition) is 4. The van der Waals surface area contributed by atoms with Gasteiger partial charge in [-0.15, -0.1) is 0 Å². The number of hydrogen-bond donors (Lipinski definition) is 1. The Balaban J connectivity index is 2.07. The topological polar surface area (TPSA) is 33.7 Å². The Kier molecular flexibility index (Phi) is 5.31. The van der Waals surface area contributed by atoms with Crippen molar-refractivity contribution in [2.75, 3.05) is 53.6 Å². The molecule has 1 saturated heterocycles. The minimum Gasteiger partial charge on any atom is -0.383 e. The minimum atomic E-state index is 0.343. The number of morpholine rings is 1. The Morgan fingerprint density at radius 1 is 1.62 bits per heavy atom. The maximum atomic E-state index is 5.58. The van der Waals surface area contributed by atoms with Gasteiger partial charge in [-0.3, -0.25) is 0 Å². The fraction of sp³-hybridized carbons (Fsp3) is 1.00. The Labute approximate surface area is 80.2 Å². The van der Waals surface area contributed by atoms with Crippen LogP contribution < -0.4 is 5.32 Å². The first kappa shape index (κ1) is 10.9. The highest BCUT2D eigenvalue weighted by Gasteiger charge is 2.14. The molecule has 1 aliphatic rings. The van der Waals surface area contributed by atoms with E-state index in [9.17, 15) is 0 Å². The molecule has 0 spiro atoms. The second-order valence-corrected chi connectivity index (χ2v) is 3.45. The normalized spacial score (nSPS) is 23.8. The number of nitrogens with zero attached hydrogens (tertiary/aromatic N) is 1. The molecule has 13 heavy (non-hydrogen) atoms. The quantitative estimate of drug-likeness (QED) is 0.634. The van der Waals surface area contributed by atoms with E-state index in [-0.39, 0.29) is 0 Å². The van der Waals surface area contributed by atoms with Crippen molar-refractivity contribution in [3.63, 3.8) is 0 Å². The highest BCUT2D eigenvalue weighted by molar-refractivity contribution is 4.70. The van der Waals surface area contributed by atoms with Crippen molar-refractivity contribution in [1.29, 1.82) is 0 Å². The van der Waals surface area contributed by atoms with Gasteiger partial charge in [0.15, 0.2) is 0 Å². The minimum absolute atomic E-state index is 0.343. The third-order valence-corrected chi connectivity index (χ3v) is 2.20. The van der Waals surface area contributed by atoms with Crippen LogP contribution in [0.1, 0.15) is 0 Å². The first-order valence-electron chi connectivity index (χ1n) is 4.82. The van der Waals surface area contributed by atoms with Crippen molar-refractivity contribution < 1.29 is 9.47 Å². The summed E-state index contributed by atoms with van der Waals surface area (Å²) in [5, 5.41) is 3.31. The number of nitrogens with one attached hydrogen (secondary N) is 1. The number of rotatable bonds is 5. The van der Waals surface area contributed by atoms with E-state index < -0.39 is 0 Å². The van der Waals surface area contributed by atoms with Gasteiger partial charge in [-0.05, 0) is 7.05 Å². The van der Waals surface area contributed by atoms with E-state index in [1.807, 2.05) is 0 Å². The van der Waals surface area contributed by atoms with Gasteiger partial charge in [0.25, 0.3) is 0 Å². The molecule has 0 aromatic carbocycles. The molecule has 0 amide bonds. The van der Waals surface area contributed by atoms with Crippen molar-refractivity contribution in [3.8, 4) is 0 Å². The van der Waals surface area contributed by atoms with E-state index in [1.54, 1.807) is 7.11 Å². The van der Waals surface area contributed by atoms with E-state index in [0.717, 1.165) is 39.4 Å². The van der Waals surface area contributed by atoms with Crippen LogP contribution in [0.3, 0.4) is 0 Å². The first-order chi connectivity index (χ1) is 6.33. The standard InChI is InChI=1S/C9H20N2O2/c1-11(4-6-12-2)8-9-7-10-3-5-13-9/h9-10H,3-8H2,1-2H3. The summed E-state index contributed by atoms with van der Waals surface area (Å²) in [6, 6.07) is 0. The van der Waals surface area contributed by atoms with Gasteiger partial charge < -0.3 is 19.7 Å². The van der Waals surface area contributed by atoms with Crippen LogP contribution in [-0.2, 0) is 9.47 Å². The van der Waals surface area contributed by atoms with E-state index in [2.05, 4.69) is 17.3 Å². The Hall–Kier alpha value is -0.160. The average Bonchev–Trinajstić information content (AvgIpc) is 2.16. The lowest BCUT2D eigenvalue weighted by Gasteiger charge is -2.27. The molecule has 4 nitrogen and oxygen atoms in total.